The largest absolute Gasteiger partial charge is 0.402 e. The van der Waals surface area contributed by atoms with Crippen LogP contribution in [-0.4, -0.2) is 38.4 Å². The molecule has 5 nitrogen and oxygen atoms in total. The van der Waals surface area contributed by atoms with Crippen LogP contribution in [0.25, 0.3) is 0 Å². The van der Waals surface area contributed by atoms with Gasteiger partial charge in [-0.1, -0.05) is 6.58 Å². The van der Waals surface area contributed by atoms with E-state index in [0.717, 1.165) is 0 Å². The highest BCUT2D eigenvalue weighted by molar-refractivity contribution is 5.87. The molecule has 17 heavy (non-hydrogen) atoms. The van der Waals surface area contributed by atoms with Crippen LogP contribution in [0.15, 0.2) is 12.2 Å². The summed E-state index contributed by atoms with van der Waals surface area (Å²) in [6.07, 6.45) is 0. The van der Waals surface area contributed by atoms with Crippen LogP contribution in [0.5, 0.6) is 0 Å². The maximum absolute atomic E-state index is 11.5. The van der Waals surface area contributed by atoms with Gasteiger partial charge in [0.05, 0.1) is 13.2 Å². The Hall–Kier alpha value is -0.910. The fourth-order valence-electron chi connectivity index (χ4n) is 1.11. The third kappa shape index (κ3) is 5.81. The van der Waals surface area contributed by atoms with Crippen molar-refractivity contribution in [1.29, 1.82) is 0 Å². The summed E-state index contributed by atoms with van der Waals surface area (Å²) in [5.74, 6) is -2.04. The second-order valence-electron chi connectivity index (χ2n) is 3.36. The van der Waals surface area contributed by atoms with Crippen LogP contribution >= 0.6 is 0 Å². The highest BCUT2D eigenvalue weighted by Crippen LogP contribution is 2.18. The zero-order valence-corrected chi connectivity index (χ0v) is 11.1. The lowest BCUT2D eigenvalue weighted by molar-refractivity contribution is -0.373. The van der Waals surface area contributed by atoms with Gasteiger partial charge in [-0.15, -0.1) is 0 Å². The van der Waals surface area contributed by atoms with E-state index in [0.29, 0.717) is 19.8 Å². The van der Waals surface area contributed by atoms with E-state index in [-0.39, 0.29) is 12.2 Å². The van der Waals surface area contributed by atoms with Crippen LogP contribution in [0.4, 0.5) is 0 Å². The summed E-state index contributed by atoms with van der Waals surface area (Å²) in [6.45, 7) is 11.7. The van der Waals surface area contributed by atoms with Gasteiger partial charge < -0.3 is 18.9 Å². The van der Waals surface area contributed by atoms with E-state index in [1.165, 1.54) is 0 Å². The second kappa shape index (κ2) is 8.22. The summed E-state index contributed by atoms with van der Waals surface area (Å²) >= 11 is 0. The van der Waals surface area contributed by atoms with Crippen molar-refractivity contribution in [3.8, 4) is 0 Å². The molecule has 0 aliphatic carbocycles. The molecule has 0 fully saturated rings. The SMILES string of the molecule is C=C(C)C(=O)OC(COCC)(OCC)OCC. The van der Waals surface area contributed by atoms with E-state index in [1.54, 1.807) is 20.8 Å². The first kappa shape index (κ1) is 16.1. The standard InChI is InChI=1S/C12H22O5/c1-6-14-9-12(15-7-2,16-8-3)17-11(13)10(4)5/h4,6-9H2,1-3,5H3. The van der Waals surface area contributed by atoms with Crippen LogP contribution in [0.3, 0.4) is 0 Å². The Morgan fingerprint density at radius 1 is 1.12 bits per heavy atom. The molecule has 0 bridgehead atoms. The third-order valence-electron chi connectivity index (χ3n) is 1.81. The molecule has 5 heteroatoms. The first-order valence-corrected chi connectivity index (χ1v) is 5.75. The summed E-state index contributed by atoms with van der Waals surface area (Å²) < 4.78 is 21.1. The Morgan fingerprint density at radius 3 is 2.00 bits per heavy atom. The number of ether oxygens (including phenoxy) is 4. The molecule has 0 amide bonds. The van der Waals surface area contributed by atoms with Gasteiger partial charge in [0, 0.05) is 12.2 Å². The zero-order valence-electron chi connectivity index (χ0n) is 11.1. The van der Waals surface area contributed by atoms with Crippen molar-refractivity contribution in [3.05, 3.63) is 12.2 Å². The van der Waals surface area contributed by atoms with Gasteiger partial charge >= 0.3 is 11.9 Å². The maximum atomic E-state index is 11.5. The smallest absolute Gasteiger partial charge is 0.354 e. The fraction of sp³-hybridized carbons (Fsp3) is 0.750. The van der Waals surface area contributed by atoms with Crippen LogP contribution in [0.2, 0.25) is 0 Å². The monoisotopic (exact) mass is 246 g/mol. The van der Waals surface area contributed by atoms with Crippen molar-refractivity contribution in [3.63, 3.8) is 0 Å². The molecule has 0 aromatic rings. The van der Waals surface area contributed by atoms with Crippen LogP contribution in [-0.2, 0) is 23.7 Å². The van der Waals surface area contributed by atoms with Gasteiger partial charge in [0.25, 0.3) is 0 Å². The van der Waals surface area contributed by atoms with Gasteiger partial charge in [-0.25, -0.2) is 4.79 Å². The summed E-state index contributed by atoms with van der Waals surface area (Å²) in [5, 5.41) is 0. The third-order valence-corrected chi connectivity index (χ3v) is 1.81. The van der Waals surface area contributed by atoms with Gasteiger partial charge in [0.15, 0.2) is 0 Å². The van der Waals surface area contributed by atoms with Crippen molar-refractivity contribution < 1.29 is 23.7 Å². The minimum Gasteiger partial charge on any atom is -0.402 e. The molecule has 0 rings (SSSR count). The molecule has 0 aromatic heterocycles. The van der Waals surface area contributed by atoms with E-state index in [2.05, 4.69) is 6.58 Å². The fourth-order valence-corrected chi connectivity index (χ4v) is 1.11. The quantitative estimate of drug-likeness (QED) is 0.353. The molecule has 0 aliphatic heterocycles. The van der Waals surface area contributed by atoms with Gasteiger partial charge in [-0.05, 0) is 27.7 Å². The molecule has 0 aromatic carbocycles. The van der Waals surface area contributed by atoms with Crippen molar-refractivity contribution in [2.75, 3.05) is 26.4 Å². The number of carbonyl (C=O) groups is 1. The van der Waals surface area contributed by atoms with Crippen LogP contribution < -0.4 is 0 Å². The lowest BCUT2D eigenvalue weighted by atomic mass is 10.3. The average molecular weight is 246 g/mol. The van der Waals surface area contributed by atoms with Gasteiger partial charge in [0.1, 0.15) is 6.61 Å². The predicted molar refractivity (Wildman–Crippen MR) is 63.4 cm³/mol. The first-order chi connectivity index (χ1) is 8.01. The molecule has 0 saturated carbocycles. The van der Waals surface area contributed by atoms with Gasteiger partial charge in [-0.3, -0.25) is 0 Å². The molecule has 0 atom stereocenters. The zero-order chi connectivity index (χ0) is 13.3. The molecule has 0 heterocycles. The number of hydrogen-bond acceptors (Lipinski definition) is 5. The molecular weight excluding hydrogens is 224 g/mol. The molecule has 0 spiro atoms. The van der Waals surface area contributed by atoms with E-state index in [1.807, 2.05) is 6.92 Å². The number of esters is 1. The molecule has 0 aliphatic rings. The number of carbonyl (C=O) groups excluding carboxylic acids is 1. The van der Waals surface area contributed by atoms with E-state index in [9.17, 15) is 4.79 Å². The van der Waals surface area contributed by atoms with E-state index in [4.69, 9.17) is 18.9 Å². The van der Waals surface area contributed by atoms with Crippen molar-refractivity contribution in [1.82, 2.24) is 0 Å². The summed E-state index contributed by atoms with van der Waals surface area (Å²) in [4.78, 5) is 11.5. The van der Waals surface area contributed by atoms with Crippen molar-refractivity contribution >= 4 is 5.97 Å². The van der Waals surface area contributed by atoms with E-state index >= 15 is 0 Å². The van der Waals surface area contributed by atoms with Crippen molar-refractivity contribution in [2.45, 2.75) is 33.7 Å². The molecule has 0 saturated heterocycles. The highest BCUT2D eigenvalue weighted by Gasteiger charge is 2.37. The summed E-state index contributed by atoms with van der Waals surface area (Å²) in [6, 6.07) is 0. The predicted octanol–water partition coefficient (Wildman–Crippen LogP) is 1.87. The number of hydrogen-bond donors (Lipinski definition) is 0. The maximum Gasteiger partial charge on any atom is 0.354 e. The lowest BCUT2D eigenvalue weighted by Gasteiger charge is -2.31. The molecule has 100 valence electrons. The Kier molecular flexibility index (Phi) is 7.78. The summed E-state index contributed by atoms with van der Waals surface area (Å²) in [5.41, 5.74) is 0.283. The minimum absolute atomic E-state index is 0.0319. The van der Waals surface area contributed by atoms with Gasteiger partial charge in [0.2, 0.25) is 0 Å². The number of rotatable bonds is 9. The first-order valence-electron chi connectivity index (χ1n) is 5.75. The van der Waals surface area contributed by atoms with Crippen LogP contribution in [0, 0.1) is 0 Å². The Bertz CT molecular complexity index is 243. The molecule has 0 radical (unpaired) electrons. The lowest BCUT2D eigenvalue weighted by Crippen LogP contribution is -2.45. The average Bonchev–Trinajstić information content (AvgIpc) is 2.27. The second-order valence-corrected chi connectivity index (χ2v) is 3.36. The molecular formula is C12H22O5. The minimum atomic E-state index is -1.48. The Morgan fingerprint density at radius 2 is 1.65 bits per heavy atom. The van der Waals surface area contributed by atoms with E-state index < -0.39 is 11.9 Å². The topological polar surface area (TPSA) is 54.0 Å². The van der Waals surface area contributed by atoms with Gasteiger partial charge in [-0.2, -0.15) is 0 Å². The highest BCUT2D eigenvalue weighted by atomic mass is 16.9. The molecule has 0 unspecified atom stereocenters. The molecule has 0 N–H and O–H groups in total. The van der Waals surface area contributed by atoms with Crippen LogP contribution in [0.1, 0.15) is 27.7 Å². The Balaban J connectivity index is 4.74. The normalized spacial score (nSPS) is 11.3. The summed E-state index contributed by atoms with van der Waals surface area (Å²) in [7, 11) is 0. The van der Waals surface area contributed by atoms with Crippen molar-refractivity contribution in [2.24, 2.45) is 0 Å². The Labute approximate surface area is 103 Å².